The van der Waals surface area contributed by atoms with Crippen LogP contribution in [0.25, 0.3) is 11.1 Å². The van der Waals surface area contributed by atoms with Crippen molar-refractivity contribution in [1.82, 2.24) is 4.90 Å². The number of anilines is 1. The molecule has 1 N–H and O–H groups in total. The van der Waals surface area contributed by atoms with E-state index < -0.39 is 0 Å². The van der Waals surface area contributed by atoms with Crippen LogP contribution in [0, 0.1) is 5.92 Å². The van der Waals surface area contributed by atoms with Crippen molar-refractivity contribution in [2.45, 2.75) is 33.7 Å². The lowest BCUT2D eigenvalue weighted by Crippen LogP contribution is -2.48. The number of methoxy groups -OCH3 is 1. The maximum atomic E-state index is 10.5. The molecule has 1 heterocycles. The molecule has 1 saturated heterocycles. The maximum Gasteiger partial charge on any atom is 0.123 e. The smallest absolute Gasteiger partial charge is 0.123 e. The zero-order valence-electron chi connectivity index (χ0n) is 21.7. The second-order valence-corrected chi connectivity index (χ2v) is 9.89. The van der Waals surface area contributed by atoms with E-state index in [4.69, 9.17) is 4.74 Å². The molecule has 0 spiro atoms. The SMILES string of the molecule is COc1cc(O)cc(/C(=C(/c2ccccc2)C(C)C)c2ccc(N3CCN(C(C)C)CC3)cc2)c1. The molecule has 3 aromatic rings. The van der Waals surface area contributed by atoms with E-state index in [-0.39, 0.29) is 11.7 Å². The third-order valence-electron chi connectivity index (χ3n) is 6.91. The Bertz CT molecular complexity index is 1140. The summed E-state index contributed by atoms with van der Waals surface area (Å²) in [4.78, 5) is 5.01. The molecule has 0 aliphatic carbocycles. The van der Waals surface area contributed by atoms with Crippen LogP contribution < -0.4 is 9.64 Å². The fourth-order valence-corrected chi connectivity index (χ4v) is 5.04. The topological polar surface area (TPSA) is 35.9 Å². The molecule has 0 bridgehead atoms. The molecule has 4 heteroatoms. The average Bonchev–Trinajstić information content (AvgIpc) is 2.87. The van der Waals surface area contributed by atoms with Gasteiger partial charge in [-0.1, -0.05) is 56.3 Å². The molecule has 1 fully saturated rings. The normalized spacial score (nSPS) is 15.5. The maximum absolute atomic E-state index is 10.5. The first kappa shape index (κ1) is 24.9. The van der Waals surface area contributed by atoms with Gasteiger partial charge in [0.2, 0.25) is 0 Å². The Balaban J connectivity index is 1.78. The molecule has 1 aliphatic heterocycles. The number of benzene rings is 3. The molecule has 0 radical (unpaired) electrons. The molecule has 4 nitrogen and oxygen atoms in total. The molecule has 3 aromatic carbocycles. The van der Waals surface area contributed by atoms with E-state index in [1.54, 1.807) is 13.2 Å². The fraction of sp³-hybridized carbons (Fsp3) is 0.355. The van der Waals surface area contributed by atoms with Crippen molar-refractivity contribution in [3.8, 4) is 11.5 Å². The first-order valence-electron chi connectivity index (χ1n) is 12.6. The summed E-state index contributed by atoms with van der Waals surface area (Å²) in [6, 6.07) is 25.6. The zero-order chi connectivity index (χ0) is 24.9. The Hall–Kier alpha value is -3.24. The van der Waals surface area contributed by atoms with Gasteiger partial charge in [-0.05, 0) is 71.9 Å². The van der Waals surface area contributed by atoms with Crippen molar-refractivity contribution < 1.29 is 9.84 Å². The fourth-order valence-electron chi connectivity index (χ4n) is 5.04. The Kier molecular flexibility index (Phi) is 7.82. The summed E-state index contributed by atoms with van der Waals surface area (Å²) in [5.41, 5.74) is 6.90. The van der Waals surface area contributed by atoms with Crippen LogP contribution in [0.15, 0.2) is 72.8 Å². The highest BCUT2D eigenvalue weighted by atomic mass is 16.5. The third-order valence-corrected chi connectivity index (χ3v) is 6.91. The first-order valence-corrected chi connectivity index (χ1v) is 12.6. The summed E-state index contributed by atoms with van der Waals surface area (Å²) in [5, 5.41) is 10.5. The van der Waals surface area contributed by atoms with Crippen LogP contribution in [0.1, 0.15) is 44.4 Å². The lowest BCUT2D eigenvalue weighted by molar-refractivity contribution is 0.209. The second-order valence-electron chi connectivity index (χ2n) is 9.89. The Morgan fingerprint density at radius 2 is 1.43 bits per heavy atom. The van der Waals surface area contributed by atoms with Crippen molar-refractivity contribution in [3.63, 3.8) is 0 Å². The van der Waals surface area contributed by atoms with Crippen LogP contribution in [0.3, 0.4) is 0 Å². The van der Waals surface area contributed by atoms with E-state index in [0.29, 0.717) is 11.8 Å². The first-order chi connectivity index (χ1) is 16.9. The largest absolute Gasteiger partial charge is 0.508 e. The minimum Gasteiger partial charge on any atom is -0.508 e. The number of hydrogen-bond acceptors (Lipinski definition) is 4. The standard InChI is InChI=1S/C31H38N2O2/c1-22(2)30(24-9-7-6-8-10-24)31(26-19-28(34)21-29(20-26)35-5)25-11-13-27(14-12-25)33-17-15-32(16-18-33)23(3)4/h6-14,19-23,34H,15-18H2,1-5H3/b31-30+. The molecular weight excluding hydrogens is 432 g/mol. The number of nitrogens with zero attached hydrogens (tertiary/aromatic N) is 2. The van der Waals surface area contributed by atoms with Crippen LogP contribution in [0.5, 0.6) is 11.5 Å². The molecule has 0 amide bonds. The number of hydrogen-bond donors (Lipinski definition) is 1. The number of rotatable bonds is 7. The van der Waals surface area contributed by atoms with Gasteiger partial charge in [0.1, 0.15) is 11.5 Å². The zero-order valence-corrected chi connectivity index (χ0v) is 21.7. The van der Waals surface area contributed by atoms with Gasteiger partial charge in [-0.3, -0.25) is 4.90 Å². The minimum absolute atomic E-state index is 0.202. The van der Waals surface area contributed by atoms with Crippen molar-refractivity contribution in [1.29, 1.82) is 0 Å². The molecule has 0 unspecified atom stereocenters. The van der Waals surface area contributed by atoms with Crippen molar-refractivity contribution in [2.24, 2.45) is 5.92 Å². The summed E-state index contributed by atoms with van der Waals surface area (Å²) in [6.07, 6.45) is 0. The summed E-state index contributed by atoms with van der Waals surface area (Å²) < 4.78 is 5.50. The number of phenols is 1. The number of phenolic OH excluding ortho intramolecular Hbond substituents is 1. The third kappa shape index (κ3) is 5.71. The predicted octanol–water partition coefficient (Wildman–Crippen LogP) is 6.55. The van der Waals surface area contributed by atoms with Gasteiger partial charge in [0.25, 0.3) is 0 Å². The summed E-state index contributed by atoms with van der Waals surface area (Å²) in [5.74, 6) is 1.13. The number of ether oxygens (including phenoxy) is 1. The Morgan fingerprint density at radius 1 is 0.771 bits per heavy atom. The molecule has 0 saturated carbocycles. The van der Waals surface area contributed by atoms with Gasteiger partial charge in [-0.25, -0.2) is 0 Å². The van der Waals surface area contributed by atoms with Crippen LogP contribution in [-0.4, -0.2) is 49.3 Å². The molecule has 0 aromatic heterocycles. The lowest BCUT2D eigenvalue weighted by Gasteiger charge is -2.38. The van der Waals surface area contributed by atoms with Crippen LogP contribution in [0.2, 0.25) is 0 Å². The van der Waals surface area contributed by atoms with E-state index in [1.807, 2.05) is 18.2 Å². The van der Waals surface area contributed by atoms with Gasteiger partial charge in [0.05, 0.1) is 7.11 Å². The van der Waals surface area contributed by atoms with E-state index in [9.17, 15) is 5.11 Å². The van der Waals surface area contributed by atoms with Crippen molar-refractivity contribution >= 4 is 16.8 Å². The molecule has 1 aliphatic rings. The highest BCUT2D eigenvalue weighted by Crippen LogP contribution is 2.39. The van der Waals surface area contributed by atoms with Gasteiger partial charge in [-0.2, -0.15) is 0 Å². The Morgan fingerprint density at radius 3 is 2.00 bits per heavy atom. The van der Waals surface area contributed by atoms with E-state index in [1.165, 1.54) is 16.8 Å². The van der Waals surface area contributed by atoms with E-state index in [0.717, 1.165) is 42.9 Å². The van der Waals surface area contributed by atoms with E-state index >= 15 is 0 Å². The minimum atomic E-state index is 0.202. The summed E-state index contributed by atoms with van der Waals surface area (Å²) in [7, 11) is 1.64. The van der Waals surface area contributed by atoms with Gasteiger partial charge in [0, 0.05) is 44.0 Å². The highest BCUT2D eigenvalue weighted by molar-refractivity contribution is 5.99. The van der Waals surface area contributed by atoms with Crippen molar-refractivity contribution in [3.05, 3.63) is 89.5 Å². The van der Waals surface area contributed by atoms with Crippen LogP contribution in [-0.2, 0) is 0 Å². The second kappa shape index (κ2) is 11.0. The summed E-state index contributed by atoms with van der Waals surface area (Å²) in [6.45, 7) is 13.3. The van der Waals surface area contributed by atoms with Gasteiger partial charge in [-0.15, -0.1) is 0 Å². The predicted molar refractivity (Wildman–Crippen MR) is 147 cm³/mol. The van der Waals surface area contributed by atoms with Gasteiger partial charge >= 0.3 is 0 Å². The molecule has 4 rings (SSSR count). The summed E-state index contributed by atoms with van der Waals surface area (Å²) >= 11 is 0. The number of piperazine rings is 1. The van der Waals surface area contributed by atoms with Crippen LogP contribution >= 0.6 is 0 Å². The van der Waals surface area contributed by atoms with Crippen molar-refractivity contribution in [2.75, 3.05) is 38.2 Å². The van der Waals surface area contributed by atoms with Gasteiger partial charge < -0.3 is 14.7 Å². The average molecular weight is 471 g/mol. The lowest BCUT2D eigenvalue weighted by atomic mass is 9.84. The van der Waals surface area contributed by atoms with Gasteiger partial charge in [0.15, 0.2) is 0 Å². The van der Waals surface area contributed by atoms with E-state index in [2.05, 4.69) is 86.0 Å². The quantitative estimate of drug-likeness (QED) is 0.397. The highest BCUT2D eigenvalue weighted by Gasteiger charge is 2.21. The number of aromatic hydroxyl groups is 1. The number of allylic oxidation sites excluding steroid dienone is 1. The molecule has 35 heavy (non-hydrogen) atoms. The molecule has 0 atom stereocenters. The molecule has 184 valence electrons. The molecular formula is C31H38N2O2. The monoisotopic (exact) mass is 470 g/mol. The Labute approximate surface area is 210 Å². The van der Waals surface area contributed by atoms with Crippen LogP contribution in [0.4, 0.5) is 5.69 Å².